The first kappa shape index (κ1) is 10.5. The molecule has 0 aliphatic heterocycles. The summed E-state index contributed by atoms with van der Waals surface area (Å²) in [5.41, 5.74) is 2.46. The van der Waals surface area contributed by atoms with Gasteiger partial charge in [0, 0.05) is 12.1 Å². The van der Waals surface area contributed by atoms with Gasteiger partial charge in [-0.2, -0.15) is 0 Å². The van der Waals surface area contributed by atoms with Gasteiger partial charge in [0.1, 0.15) is 0 Å². The van der Waals surface area contributed by atoms with Crippen molar-refractivity contribution in [3.05, 3.63) is 11.1 Å². The molecule has 0 aliphatic carbocycles. The molecule has 0 aromatic carbocycles. The maximum atomic E-state index is 10.5. The number of nitrogens with one attached hydrogen (secondary N) is 1. The van der Waals surface area contributed by atoms with Crippen LogP contribution in [0.25, 0.3) is 0 Å². The van der Waals surface area contributed by atoms with E-state index in [2.05, 4.69) is 10.1 Å². The Morgan fingerprint density at radius 3 is 2.73 bits per heavy atom. The molecule has 3 nitrogen and oxygen atoms in total. The molecule has 0 amide bonds. The van der Waals surface area contributed by atoms with Crippen molar-refractivity contribution in [3.8, 4) is 0 Å². The predicted molar refractivity (Wildman–Crippen MR) is 44.5 cm³/mol. The molecule has 11 heavy (non-hydrogen) atoms. The summed E-state index contributed by atoms with van der Waals surface area (Å²) >= 11 is 5.38. The Morgan fingerprint density at radius 1 is 1.64 bits per heavy atom. The van der Waals surface area contributed by atoms with E-state index >= 15 is 0 Å². The van der Waals surface area contributed by atoms with Crippen LogP contribution in [-0.2, 0) is 9.53 Å². The summed E-state index contributed by atoms with van der Waals surface area (Å²) in [6, 6.07) is 0. The number of hydrogen-bond donors (Lipinski definition) is 1. The van der Waals surface area contributed by atoms with Crippen LogP contribution in [0.5, 0.6) is 0 Å². The summed E-state index contributed by atoms with van der Waals surface area (Å²) in [6.45, 7) is 2.70. The van der Waals surface area contributed by atoms with E-state index in [0.29, 0.717) is 6.54 Å². The Hall–Kier alpha value is -0.540. The highest BCUT2D eigenvalue weighted by Gasteiger charge is 1.97. The van der Waals surface area contributed by atoms with Crippen molar-refractivity contribution in [2.75, 3.05) is 20.2 Å². The quantitative estimate of drug-likeness (QED) is 0.649. The highest BCUT2D eigenvalue weighted by Crippen LogP contribution is 1.91. The van der Waals surface area contributed by atoms with Crippen molar-refractivity contribution in [3.63, 3.8) is 0 Å². The lowest BCUT2D eigenvalue weighted by molar-refractivity contribution is -0.139. The number of ether oxygens (including phenoxy) is 1. The van der Waals surface area contributed by atoms with Gasteiger partial charge in [0.2, 0.25) is 0 Å². The number of esters is 1. The van der Waals surface area contributed by atoms with Crippen LogP contribution >= 0.6 is 11.6 Å². The molecule has 0 rings (SSSR count). The third-order valence-electron chi connectivity index (χ3n) is 1.09. The number of carbonyl (C=O) groups excluding carboxylic acids is 1. The zero-order valence-electron chi connectivity index (χ0n) is 6.69. The summed E-state index contributed by atoms with van der Waals surface area (Å²) < 4.78 is 4.41. The van der Waals surface area contributed by atoms with Gasteiger partial charge in [-0.05, 0) is 12.5 Å². The minimum atomic E-state index is -0.271. The van der Waals surface area contributed by atoms with Crippen LogP contribution in [0.4, 0.5) is 0 Å². The third-order valence-corrected chi connectivity index (χ3v) is 1.46. The Balaban J connectivity index is 3.35. The molecular formula is C7H12ClNO2. The predicted octanol–water partition coefficient (Wildman–Crippen LogP) is 0.892. The van der Waals surface area contributed by atoms with Gasteiger partial charge >= 0.3 is 5.97 Å². The first-order valence-corrected chi connectivity index (χ1v) is 3.67. The zero-order chi connectivity index (χ0) is 8.69. The van der Waals surface area contributed by atoms with Crippen molar-refractivity contribution in [2.45, 2.75) is 6.92 Å². The summed E-state index contributed by atoms with van der Waals surface area (Å²) in [6.07, 6.45) is 0. The standard InChI is InChI=1S/C7H12ClNO2/c1-6(3-8)4-9-5-7(10)11-2/h3,9H,4-5H2,1-2H3. The van der Waals surface area contributed by atoms with Gasteiger partial charge in [0.15, 0.2) is 0 Å². The SMILES string of the molecule is COC(=O)CNCC(C)=CCl. The normalized spacial score (nSPS) is 11.4. The van der Waals surface area contributed by atoms with Gasteiger partial charge in [-0.15, -0.1) is 0 Å². The van der Waals surface area contributed by atoms with Gasteiger partial charge in [0.05, 0.1) is 13.7 Å². The molecule has 64 valence electrons. The van der Waals surface area contributed by atoms with E-state index in [1.807, 2.05) is 6.92 Å². The number of halogens is 1. The molecule has 0 bridgehead atoms. The van der Waals surface area contributed by atoms with Crippen LogP contribution in [0.15, 0.2) is 11.1 Å². The average Bonchev–Trinajstić information content (AvgIpc) is 2.04. The van der Waals surface area contributed by atoms with Crippen LogP contribution in [0.3, 0.4) is 0 Å². The van der Waals surface area contributed by atoms with Gasteiger partial charge in [-0.3, -0.25) is 4.79 Å². The Bertz CT molecular complexity index is 157. The highest BCUT2D eigenvalue weighted by molar-refractivity contribution is 6.25. The first-order chi connectivity index (χ1) is 5.20. The fourth-order valence-electron chi connectivity index (χ4n) is 0.472. The molecular weight excluding hydrogens is 166 g/mol. The number of carbonyl (C=O) groups is 1. The van der Waals surface area contributed by atoms with Crippen LogP contribution in [-0.4, -0.2) is 26.2 Å². The summed E-state index contributed by atoms with van der Waals surface area (Å²) in [5, 5.41) is 2.86. The van der Waals surface area contributed by atoms with Crippen molar-refractivity contribution in [2.24, 2.45) is 0 Å². The van der Waals surface area contributed by atoms with Gasteiger partial charge in [-0.1, -0.05) is 11.6 Å². The lowest BCUT2D eigenvalue weighted by atomic mass is 10.3. The van der Waals surface area contributed by atoms with Crippen molar-refractivity contribution in [1.82, 2.24) is 5.32 Å². The van der Waals surface area contributed by atoms with Crippen LogP contribution < -0.4 is 5.32 Å². The van der Waals surface area contributed by atoms with Gasteiger partial charge in [0.25, 0.3) is 0 Å². The zero-order valence-corrected chi connectivity index (χ0v) is 7.44. The molecule has 0 spiro atoms. The molecule has 0 unspecified atom stereocenters. The van der Waals surface area contributed by atoms with E-state index in [0.717, 1.165) is 5.57 Å². The maximum Gasteiger partial charge on any atom is 0.319 e. The maximum absolute atomic E-state index is 10.5. The van der Waals surface area contributed by atoms with Crippen LogP contribution in [0.2, 0.25) is 0 Å². The second-order valence-electron chi connectivity index (χ2n) is 2.14. The van der Waals surface area contributed by atoms with Crippen LogP contribution in [0.1, 0.15) is 6.92 Å². The van der Waals surface area contributed by atoms with E-state index < -0.39 is 0 Å². The second kappa shape index (κ2) is 6.19. The number of hydrogen-bond acceptors (Lipinski definition) is 3. The minimum Gasteiger partial charge on any atom is -0.468 e. The topological polar surface area (TPSA) is 38.3 Å². The third kappa shape index (κ3) is 5.88. The number of methoxy groups -OCH3 is 1. The highest BCUT2D eigenvalue weighted by atomic mass is 35.5. The van der Waals surface area contributed by atoms with E-state index in [1.54, 1.807) is 0 Å². The van der Waals surface area contributed by atoms with Gasteiger partial charge < -0.3 is 10.1 Å². The molecule has 4 heteroatoms. The van der Waals surface area contributed by atoms with E-state index in [1.165, 1.54) is 12.6 Å². The summed E-state index contributed by atoms with van der Waals surface area (Å²) in [5.74, 6) is -0.271. The van der Waals surface area contributed by atoms with Crippen molar-refractivity contribution in [1.29, 1.82) is 0 Å². The van der Waals surface area contributed by atoms with Crippen molar-refractivity contribution < 1.29 is 9.53 Å². The smallest absolute Gasteiger partial charge is 0.319 e. The monoisotopic (exact) mass is 177 g/mol. The first-order valence-electron chi connectivity index (χ1n) is 3.24. The Kier molecular flexibility index (Phi) is 5.88. The average molecular weight is 178 g/mol. The molecule has 0 aromatic heterocycles. The summed E-state index contributed by atoms with van der Waals surface area (Å²) in [4.78, 5) is 10.5. The van der Waals surface area contributed by atoms with Gasteiger partial charge in [-0.25, -0.2) is 0 Å². The molecule has 0 saturated heterocycles. The Labute approximate surface area is 71.4 Å². The largest absolute Gasteiger partial charge is 0.468 e. The molecule has 0 fully saturated rings. The van der Waals surface area contributed by atoms with E-state index in [-0.39, 0.29) is 12.5 Å². The lowest BCUT2D eigenvalue weighted by Gasteiger charge is -2.01. The molecule has 0 atom stereocenters. The fourth-order valence-corrected chi connectivity index (χ4v) is 0.550. The van der Waals surface area contributed by atoms with Crippen LogP contribution in [0, 0.1) is 0 Å². The number of rotatable bonds is 4. The molecule has 0 radical (unpaired) electrons. The lowest BCUT2D eigenvalue weighted by Crippen LogP contribution is -2.25. The molecule has 0 saturated carbocycles. The molecule has 0 aliphatic rings. The Morgan fingerprint density at radius 2 is 2.27 bits per heavy atom. The minimum absolute atomic E-state index is 0.221. The fraction of sp³-hybridized carbons (Fsp3) is 0.571. The van der Waals surface area contributed by atoms with E-state index in [4.69, 9.17) is 11.6 Å². The molecule has 0 aromatic rings. The summed E-state index contributed by atoms with van der Waals surface area (Å²) in [7, 11) is 1.36. The van der Waals surface area contributed by atoms with E-state index in [9.17, 15) is 4.79 Å². The van der Waals surface area contributed by atoms with Crippen molar-refractivity contribution >= 4 is 17.6 Å². The second-order valence-corrected chi connectivity index (χ2v) is 2.35. The molecule has 0 heterocycles. The molecule has 1 N–H and O–H groups in total.